The van der Waals surface area contributed by atoms with Crippen LogP contribution in [0.25, 0.3) is 0 Å². The molecule has 1 aromatic rings. The van der Waals surface area contributed by atoms with Gasteiger partial charge in [-0.1, -0.05) is 12.1 Å². The largest absolute Gasteiger partial charge is 0.469 e. The van der Waals surface area contributed by atoms with Crippen LogP contribution in [0.2, 0.25) is 0 Å². The number of hydrogen-bond donors (Lipinski definition) is 0. The summed E-state index contributed by atoms with van der Waals surface area (Å²) in [5, 5.41) is 0. The van der Waals surface area contributed by atoms with Crippen LogP contribution in [0.4, 0.5) is 4.39 Å². The molecular formula is C21H23FN2O4. The van der Waals surface area contributed by atoms with Crippen molar-refractivity contribution in [3.63, 3.8) is 0 Å². The Hall–Kier alpha value is -2.54. The van der Waals surface area contributed by atoms with Crippen LogP contribution in [-0.4, -0.2) is 59.9 Å². The summed E-state index contributed by atoms with van der Waals surface area (Å²) >= 11 is 0. The third-order valence-electron chi connectivity index (χ3n) is 6.32. The molecule has 2 bridgehead atoms. The third-order valence-corrected chi connectivity index (χ3v) is 6.32. The predicted molar refractivity (Wildman–Crippen MR) is 98.6 cm³/mol. The van der Waals surface area contributed by atoms with Crippen molar-refractivity contribution in [2.24, 2.45) is 5.92 Å². The number of benzene rings is 1. The van der Waals surface area contributed by atoms with Crippen molar-refractivity contribution in [1.82, 2.24) is 9.80 Å². The lowest BCUT2D eigenvalue weighted by atomic mass is 9.76. The minimum atomic E-state index is -0.350. The summed E-state index contributed by atoms with van der Waals surface area (Å²) in [5.41, 5.74) is 0.947. The maximum atomic E-state index is 13.4. The van der Waals surface area contributed by atoms with Gasteiger partial charge in [-0.3, -0.25) is 24.2 Å². The van der Waals surface area contributed by atoms with Crippen LogP contribution in [-0.2, 0) is 19.1 Å². The monoisotopic (exact) mass is 386 g/mol. The molecule has 2 amide bonds. The summed E-state index contributed by atoms with van der Waals surface area (Å²) in [5.74, 6) is -1.52. The molecule has 2 unspecified atom stereocenters. The molecule has 0 aliphatic carbocycles. The number of rotatable bonds is 5. The molecule has 3 heterocycles. The molecule has 7 heteroatoms. The highest BCUT2D eigenvalue weighted by atomic mass is 19.1. The second-order valence-corrected chi connectivity index (χ2v) is 7.64. The number of fused-ring (bicyclic) bond motifs is 2. The van der Waals surface area contributed by atoms with E-state index in [1.54, 1.807) is 12.1 Å². The number of carbonyl (C=O) groups excluding carboxylic acids is 3. The fourth-order valence-corrected chi connectivity index (χ4v) is 5.04. The first-order chi connectivity index (χ1) is 13.5. The number of nitrogens with zero attached hydrogens (tertiary/aromatic N) is 2. The van der Waals surface area contributed by atoms with Crippen LogP contribution >= 0.6 is 0 Å². The van der Waals surface area contributed by atoms with Crippen LogP contribution in [0.15, 0.2) is 36.4 Å². The number of imide groups is 1. The Bertz CT molecular complexity index is 804. The Morgan fingerprint density at radius 3 is 2.43 bits per heavy atom. The van der Waals surface area contributed by atoms with Gasteiger partial charge < -0.3 is 4.74 Å². The summed E-state index contributed by atoms with van der Waals surface area (Å²) in [7, 11) is 1.39. The Balaban J connectivity index is 1.54. The Kier molecular flexibility index (Phi) is 5.02. The van der Waals surface area contributed by atoms with Gasteiger partial charge in [0.15, 0.2) is 0 Å². The zero-order valence-electron chi connectivity index (χ0n) is 15.7. The van der Waals surface area contributed by atoms with E-state index >= 15 is 0 Å². The summed E-state index contributed by atoms with van der Waals surface area (Å²) in [6, 6.07) is 6.60. The van der Waals surface area contributed by atoms with Gasteiger partial charge in [0.25, 0.3) is 11.8 Å². The minimum absolute atomic E-state index is 0.0120. The second kappa shape index (κ2) is 7.47. The van der Waals surface area contributed by atoms with Crippen molar-refractivity contribution in [2.45, 2.75) is 37.3 Å². The Morgan fingerprint density at radius 1 is 1.11 bits per heavy atom. The Labute approximate surface area is 162 Å². The summed E-state index contributed by atoms with van der Waals surface area (Å²) in [4.78, 5) is 39.8. The van der Waals surface area contributed by atoms with Gasteiger partial charge in [0, 0.05) is 43.2 Å². The molecule has 1 aromatic carbocycles. The van der Waals surface area contributed by atoms with Gasteiger partial charge in [-0.25, -0.2) is 4.39 Å². The van der Waals surface area contributed by atoms with E-state index in [0.29, 0.717) is 13.1 Å². The number of ether oxygens (including phenoxy) is 1. The number of amides is 2. The molecule has 0 N–H and O–H groups in total. The van der Waals surface area contributed by atoms with Gasteiger partial charge in [-0.2, -0.15) is 0 Å². The number of esters is 1. The highest BCUT2D eigenvalue weighted by molar-refractivity contribution is 6.12. The van der Waals surface area contributed by atoms with Crippen LogP contribution < -0.4 is 0 Å². The number of carbonyl (C=O) groups is 3. The van der Waals surface area contributed by atoms with Gasteiger partial charge in [-0.05, 0) is 37.0 Å². The first-order valence-electron chi connectivity index (χ1n) is 9.62. The zero-order valence-corrected chi connectivity index (χ0v) is 15.7. The highest BCUT2D eigenvalue weighted by Crippen LogP contribution is 2.47. The summed E-state index contributed by atoms with van der Waals surface area (Å²) < 4.78 is 18.5. The quantitative estimate of drug-likeness (QED) is 0.571. The van der Waals surface area contributed by atoms with Crippen LogP contribution in [0.5, 0.6) is 0 Å². The SMILES string of the molecule is COC(=O)[C@@H]1C2CCC(C[C@@H]1c1ccc(F)cc1)N2CCN1C(=O)C=CC1=O. The average molecular weight is 386 g/mol. The van der Waals surface area contributed by atoms with Crippen molar-refractivity contribution in [2.75, 3.05) is 20.2 Å². The van der Waals surface area contributed by atoms with Crippen molar-refractivity contribution < 1.29 is 23.5 Å². The fourth-order valence-electron chi connectivity index (χ4n) is 5.04. The molecule has 0 radical (unpaired) electrons. The van der Waals surface area contributed by atoms with Crippen molar-refractivity contribution in [1.29, 1.82) is 0 Å². The first-order valence-corrected chi connectivity index (χ1v) is 9.62. The van der Waals surface area contributed by atoms with E-state index in [1.807, 2.05) is 0 Å². The normalized spacial score (nSPS) is 29.6. The standard InChI is InChI=1S/C21H23FN2O4/c1-28-21(27)20-16(13-2-4-14(22)5-3-13)12-15-6-7-17(20)23(15)10-11-24-18(25)8-9-19(24)26/h2-5,8-9,15-17,20H,6-7,10-12H2,1H3/t15?,16-,17?,20+/m1/s1. The number of halogens is 1. The molecule has 2 fully saturated rings. The lowest BCUT2D eigenvalue weighted by molar-refractivity contribution is -0.151. The molecule has 0 saturated carbocycles. The lowest BCUT2D eigenvalue weighted by Gasteiger charge is -2.44. The van der Waals surface area contributed by atoms with Gasteiger partial charge in [0.05, 0.1) is 13.0 Å². The third kappa shape index (κ3) is 3.24. The van der Waals surface area contributed by atoms with Crippen molar-refractivity contribution in [3.05, 3.63) is 47.8 Å². The van der Waals surface area contributed by atoms with E-state index in [1.165, 1.54) is 36.3 Å². The molecule has 2 saturated heterocycles. The van der Waals surface area contributed by atoms with Gasteiger partial charge in [0.1, 0.15) is 5.82 Å². The Morgan fingerprint density at radius 2 is 1.79 bits per heavy atom. The van der Waals surface area contributed by atoms with E-state index in [9.17, 15) is 18.8 Å². The number of hydrogen-bond acceptors (Lipinski definition) is 5. The predicted octanol–water partition coefficient (Wildman–Crippen LogP) is 1.86. The lowest BCUT2D eigenvalue weighted by Crippen LogP contribution is -2.53. The minimum Gasteiger partial charge on any atom is -0.469 e. The zero-order chi connectivity index (χ0) is 19.8. The molecular weight excluding hydrogens is 363 g/mol. The second-order valence-electron chi connectivity index (χ2n) is 7.64. The van der Waals surface area contributed by atoms with Crippen LogP contribution in [0.3, 0.4) is 0 Å². The molecule has 4 atom stereocenters. The van der Waals surface area contributed by atoms with E-state index < -0.39 is 0 Å². The van der Waals surface area contributed by atoms with E-state index in [4.69, 9.17) is 4.74 Å². The van der Waals surface area contributed by atoms with Gasteiger partial charge in [0.2, 0.25) is 0 Å². The molecule has 28 heavy (non-hydrogen) atoms. The smallest absolute Gasteiger partial charge is 0.310 e. The molecule has 0 spiro atoms. The molecule has 148 valence electrons. The maximum Gasteiger partial charge on any atom is 0.310 e. The average Bonchev–Trinajstić information content (AvgIpc) is 3.15. The molecule has 4 rings (SSSR count). The topological polar surface area (TPSA) is 66.9 Å². The molecule has 3 aliphatic heterocycles. The fraction of sp³-hybridized carbons (Fsp3) is 0.476. The van der Waals surface area contributed by atoms with Gasteiger partial charge >= 0.3 is 5.97 Å². The highest BCUT2D eigenvalue weighted by Gasteiger charge is 2.51. The van der Waals surface area contributed by atoms with Crippen LogP contribution in [0.1, 0.15) is 30.7 Å². The molecule has 0 aromatic heterocycles. The maximum absolute atomic E-state index is 13.4. The van der Waals surface area contributed by atoms with Crippen molar-refractivity contribution >= 4 is 17.8 Å². The molecule has 3 aliphatic rings. The van der Waals surface area contributed by atoms with Crippen LogP contribution in [0, 0.1) is 11.7 Å². The van der Waals surface area contributed by atoms with Gasteiger partial charge in [-0.15, -0.1) is 0 Å². The first kappa shape index (κ1) is 18.8. The summed E-state index contributed by atoms with van der Waals surface area (Å²) in [6.07, 6.45) is 5.16. The molecule has 6 nitrogen and oxygen atoms in total. The van der Waals surface area contributed by atoms with E-state index in [2.05, 4.69) is 4.90 Å². The van der Waals surface area contributed by atoms with E-state index in [0.717, 1.165) is 24.8 Å². The van der Waals surface area contributed by atoms with Crippen molar-refractivity contribution in [3.8, 4) is 0 Å². The summed E-state index contributed by atoms with van der Waals surface area (Å²) in [6.45, 7) is 0.852. The number of methoxy groups -OCH3 is 1. The number of piperidine rings is 1. The van der Waals surface area contributed by atoms with E-state index in [-0.39, 0.29) is 47.5 Å².